The largest absolute Gasteiger partial charge is 0.497 e. The Kier molecular flexibility index (Phi) is 4.23. The average Bonchev–Trinajstić information content (AvgIpc) is 3.22. The molecular formula is C18H15N3O5S. The van der Waals surface area contributed by atoms with E-state index in [2.05, 4.69) is 0 Å². The molecule has 0 bridgehead atoms. The van der Waals surface area contributed by atoms with Crippen LogP contribution in [0.25, 0.3) is 0 Å². The normalized spacial score (nSPS) is 21.5. The Labute approximate surface area is 158 Å². The Morgan fingerprint density at radius 2 is 1.96 bits per heavy atom. The van der Waals surface area contributed by atoms with Gasteiger partial charge in [0.05, 0.1) is 17.7 Å². The zero-order chi connectivity index (χ0) is 19.1. The van der Waals surface area contributed by atoms with E-state index in [0.717, 1.165) is 4.90 Å². The van der Waals surface area contributed by atoms with Gasteiger partial charge in [0, 0.05) is 24.0 Å². The van der Waals surface area contributed by atoms with E-state index in [1.807, 2.05) is 0 Å². The lowest BCUT2D eigenvalue weighted by molar-refractivity contribution is -0.384. The van der Waals surface area contributed by atoms with Gasteiger partial charge in [0.25, 0.3) is 11.6 Å². The Morgan fingerprint density at radius 1 is 1.19 bits per heavy atom. The number of non-ortho nitro benzene ring substituents is 1. The Bertz CT molecular complexity index is 950. The van der Waals surface area contributed by atoms with Crippen LogP contribution in [-0.4, -0.2) is 40.7 Å². The summed E-state index contributed by atoms with van der Waals surface area (Å²) in [5.74, 6) is 0.691. The lowest BCUT2D eigenvalue weighted by atomic mass is 10.1. The van der Waals surface area contributed by atoms with Gasteiger partial charge in [-0.1, -0.05) is 18.2 Å². The molecule has 2 heterocycles. The van der Waals surface area contributed by atoms with Crippen LogP contribution in [0.15, 0.2) is 48.5 Å². The highest BCUT2D eigenvalue weighted by Crippen LogP contribution is 2.46. The van der Waals surface area contributed by atoms with Crippen LogP contribution in [0.5, 0.6) is 5.75 Å². The number of anilines is 1. The average molecular weight is 385 g/mol. The van der Waals surface area contributed by atoms with Crippen molar-refractivity contribution in [3.63, 3.8) is 0 Å². The first-order chi connectivity index (χ1) is 13.0. The zero-order valence-corrected chi connectivity index (χ0v) is 15.1. The molecule has 2 fully saturated rings. The van der Waals surface area contributed by atoms with Gasteiger partial charge >= 0.3 is 6.03 Å². The summed E-state index contributed by atoms with van der Waals surface area (Å²) in [7, 11) is 1.51. The van der Waals surface area contributed by atoms with Crippen LogP contribution in [0.3, 0.4) is 0 Å². The fraction of sp³-hybridized carbons (Fsp3) is 0.222. The standard InChI is InChI=1S/C18H15N3O5S/c1-26-14-7-3-5-12(9-14)19-16(22)15-10-27-17(20(15)18(19)23)11-4-2-6-13(8-11)21(24)25/h2-9,15,17H,10H2,1H3. The number of carbonyl (C=O) groups excluding carboxylic acids is 2. The summed E-state index contributed by atoms with van der Waals surface area (Å²) in [4.78, 5) is 39.1. The number of nitro groups is 1. The molecule has 2 aromatic carbocycles. The molecule has 9 heteroatoms. The molecule has 2 aliphatic heterocycles. The van der Waals surface area contributed by atoms with Gasteiger partial charge in [-0.2, -0.15) is 0 Å². The molecule has 2 unspecified atom stereocenters. The number of hydrogen-bond donors (Lipinski definition) is 0. The lowest BCUT2D eigenvalue weighted by Crippen LogP contribution is -2.33. The van der Waals surface area contributed by atoms with Crippen molar-refractivity contribution < 1.29 is 19.2 Å². The summed E-state index contributed by atoms with van der Waals surface area (Å²) in [6.07, 6.45) is 0. The first kappa shape index (κ1) is 17.3. The number of thioether (sulfide) groups is 1. The maximum atomic E-state index is 13.0. The summed E-state index contributed by atoms with van der Waals surface area (Å²) in [6, 6.07) is 11.9. The molecular weight excluding hydrogens is 370 g/mol. The molecule has 2 aliphatic rings. The van der Waals surface area contributed by atoms with Crippen molar-refractivity contribution in [3.05, 3.63) is 64.2 Å². The zero-order valence-electron chi connectivity index (χ0n) is 14.3. The summed E-state index contributed by atoms with van der Waals surface area (Å²) in [6.45, 7) is 0. The lowest BCUT2D eigenvalue weighted by Gasteiger charge is -2.23. The number of methoxy groups -OCH3 is 1. The number of fused-ring (bicyclic) bond motifs is 1. The van der Waals surface area contributed by atoms with Crippen LogP contribution in [0, 0.1) is 10.1 Å². The highest BCUT2D eigenvalue weighted by atomic mass is 32.2. The van der Waals surface area contributed by atoms with Crippen molar-refractivity contribution >= 4 is 35.1 Å². The number of hydrogen-bond acceptors (Lipinski definition) is 6. The third-order valence-electron chi connectivity index (χ3n) is 4.60. The first-order valence-electron chi connectivity index (χ1n) is 8.17. The second-order valence-corrected chi connectivity index (χ2v) is 7.23. The van der Waals surface area contributed by atoms with Crippen LogP contribution in [0.4, 0.5) is 16.2 Å². The molecule has 2 aromatic rings. The van der Waals surface area contributed by atoms with Crippen molar-refractivity contribution in [2.45, 2.75) is 11.4 Å². The number of rotatable bonds is 4. The van der Waals surface area contributed by atoms with Crippen molar-refractivity contribution in [1.29, 1.82) is 0 Å². The minimum absolute atomic E-state index is 0.0424. The van der Waals surface area contributed by atoms with Gasteiger partial charge in [0.1, 0.15) is 17.2 Å². The highest BCUT2D eigenvalue weighted by Gasteiger charge is 2.53. The van der Waals surface area contributed by atoms with E-state index in [0.29, 0.717) is 22.8 Å². The molecule has 3 amide bonds. The fourth-order valence-electron chi connectivity index (χ4n) is 3.33. The van der Waals surface area contributed by atoms with Gasteiger partial charge in [-0.15, -0.1) is 11.8 Å². The van der Waals surface area contributed by atoms with E-state index < -0.39 is 22.4 Å². The quantitative estimate of drug-likeness (QED) is 0.456. The van der Waals surface area contributed by atoms with E-state index in [1.165, 1.54) is 35.9 Å². The number of imide groups is 1. The topological polar surface area (TPSA) is 93.0 Å². The smallest absolute Gasteiger partial charge is 0.333 e. The molecule has 0 aromatic heterocycles. The van der Waals surface area contributed by atoms with Crippen molar-refractivity contribution in [2.24, 2.45) is 0 Å². The Hall–Kier alpha value is -3.07. The van der Waals surface area contributed by atoms with E-state index in [4.69, 9.17) is 4.74 Å². The predicted octanol–water partition coefficient (Wildman–Crippen LogP) is 3.19. The molecule has 8 nitrogen and oxygen atoms in total. The van der Waals surface area contributed by atoms with Crippen LogP contribution in [0.2, 0.25) is 0 Å². The predicted molar refractivity (Wildman–Crippen MR) is 99.8 cm³/mol. The molecule has 2 saturated heterocycles. The summed E-state index contributed by atoms with van der Waals surface area (Å²) in [5, 5.41) is 10.6. The molecule has 0 aliphatic carbocycles. The third-order valence-corrected chi connectivity index (χ3v) is 5.92. The molecule has 0 saturated carbocycles. The molecule has 4 rings (SSSR count). The minimum Gasteiger partial charge on any atom is -0.497 e. The molecule has 0 radical (unpaired) electrons. The number of carbonyl (C=O) groups is 2. The Morgan fingerprint density at radius 3 is 2.70 bits per heavy atom. The highest BCUT2D eigenvalue weighted by molar-refractivity contribution is 7.99. The second kappa shape index (κ2) is 6.58. The van der Waals surface area contributed by atoms with Gasteiger partial charge in [0.15, 0.2) is 0 Å². The van der Waals surface area contributed by atoms with Crippen molar-refractivity contribution in [2.75, 3.05) is 17.8 Å². The molecule has 27 heavy (non-hydrogen) atoms. The number of benzene rings is 2. The van der Waals surface area contributed by atoms with Gasteiger partial charge in [-0.05, 0) is 17.7 Å². The number of amides is 3. The van der Waals surface area contributed by atoms with Crippen LogP contribution >= 0.6 is 11.8 Å². The van der Waals surface area contributed by atoms with Crippen LogP contribution in [-0.2, 0) is 4.79 Å². The summed E-state index contributed by atoms with van der Waals surface area (Å²) >= 11 is 1.43. The molecule has 138 valence electrons. The number of ether oxygens (including phenoxy) is 1. The maximum absolute atomic E-state index is 13.0. The third kappa shape index (κ3) is 2.80. The monoisotopic (exact) mass is 385 g/mol. The fourth-order valence-corrected chi connectivity index (χ4v) is 4.73. The summed E-state index contributed by atoms with van der Waals surface area (Å²) < 4.78 is 5.17. The first-order valence-corrected chi connectivity index (χ1v) is 9.22. The van der Waals surface area contributed by atoms with E-state index in [-0.39, 0.29) is 11.6 Å². The van der Waals surface area contributed by atoms with E-state index in [1.54, 1.807) is 36.4 Å². The van der Waals surface area contributed by atoms with Gasteiger partial charge in [0.2, 0.25) is 0 Å². The number of urea groups is 1. The SMILES string of the molecule is COc1cccc(N2C(=O)C3CSC(c4cccc([N+](=O)[O-])c4)N3C2=O)c1. The number of nitro benzene ring substituents is 1. The van der Waals surface area contributed by atoms with Gasteiger partial charge in [-0.3, -0.25) is 19.8 Å². The van der Waals surface area contributed by atoms with Crippen molar-refractivity contribution in [3.8, 4) is 5.75 Å². The van der Waals surface area contributed by atoms with Gasteiger partial charge < -0.3 is 4.74 Å². The second-order valence-electron chi connectivity index (χ2n) is 6.12. The van der Waals surface area contributed by atoms with E-state index >= 15 is 0 Å². The Balaban J connectivity index is 1.68. The summed E-state index contributed by atoms with van der Waals surface area (Å²) in [5.41, 5.74) is 1.03. The molecule has 2 atom stereocenters. The molecule has 0 N–H and O–H groups in total. The number of nitrogens with zero attached hydrogens (tertiary/aromatic N) is 3. The van der Waals surface area contributed by atoms with Crippen LogP contribution < -0.4 is 9.64 Å². The van der Waals surface area contributed by atoms with Crippen LogP contribution in [0.1, 0.15) is 10.9 Å². The van der Waals surface area contributed by atoms with E-state index in [9.17, 15) is 19.7 Å². The van der Waals surface area contributed by atoms with Crippen molar-refractivity contribution in [1.82, 2.24) is 4.90 Å². The molecule has 0 spiro atoms. The maximum Gasteiger partial charge on any atom is 0.333 e. The minimum atomic E-state index is -0.585. The van der Waals surface area contributed by atoms with Gasteiger partial charge in [-0.25, -0.2) is 9.69 Å².